The molecule has 2 aliphatic rings. The molecule has 1 saturated heterocycles. The fourth-order valence-electron chi connectivity index (χ4n) is 2.56. The zero-order chi connectivity index (χ0) is 13.1. The van der Waals surface area contributed by atoms with Gasteiger partial charge in [-0.3, -0.25) is 4.79 Å². The Labute approximate surface area is 114 Å². The number of rotatable bonds is 6. The van der Waals surface area contributed by atoms with E-state index in [2.05, 4.69) is 5.32 Å². The summed E-state index contributed by atoms with van der Waals surface area (Å²) in [6.45, 7) is 2.17. The molecule has 0 bridgehead atoms. The lowest BCUT2D eigenvalue weighted by Crippen LogP contribution is -2.10. The molecule has 0 aromatic heterocycles. The summed E-state index contributed by atoms with van der Waals surface area (Å²) >= 11 is 0. The number of benzene rings is 1. The molecule has 3 nitrogen and oxygen atoms in total. The molecule has 3 heteroatoms. The summed E-state index contributed by atoms with van der Waals surface area (Å²) in [5.41, 5.74) is 0.795. The predicted octanol–water partition coefficient (Wildman–Crippen LogP) is 2.80. The number of hydrogen-bond acceptors (Lipinski definition) is 3. The first-order chi connectivity index (χ1) is 9.31. The molecule has 0 spiro atoms. The molecule has 1 aromatic carbocycles. The molecule has 0 radical (unpaired) electrons. The first-order valence-electron chi connectivity index (χ1n) is 7.32. The number of ketones is 1. The van der Waals surface area contributed by atoms with Crippen LogP contribution in [-0.2, 0) is 0 Å². The average molecular weight is 259 g/mol. The van der Waals surface area contributed by atoms with Crippen LogP contribution in [0, 0.1) is 5.92 Å². The summed E-state index contributed by atoms with van der Waals surface area (Å²) in [7, 11) is 0. The Kier molecular flexibility index (Phi) is 3.83. The second-order valence-corrected chi connectivity index (χ2v) is 5.67. The minimum Gasteiger partial charge on any atom is -0.490 e. The average Bonchev–Trinajstić information content (AvgIpc) is 3.08. The zero-order valence-corrected chi connectivity index (χ0v) is 11.2. The van der Waals surface area contributed by atoms with Crippen LogP contribution in [0.25, 0.3) is 0 Å². The van der Waals surface area contributed by atoms with Crippen LogP contribution < -0.4 is 10.1 Å². The van der Waals surface area contributed by atoms with Gasteiger partial charge in [0.1, 0.15) is 5.75 Å². The third kappa shape index (κ3) is 3.57. The van der Waals surface area contributed by atoms with Crippen LogP contribution in [0.15, 0.2) is 24.3 Å². The van der Waals surface area contributed by atoms with Crippen LogP contribution in [-0.4, -0.2) is 25.0 Å². The highest BCUT2D eigenvalue weighted by molar-refractivity contribution is 5.96. The van der Waals surface area contributed by atoms with Crippen molar-refractivity contribution in [3.63, 3.8) is 0 Å². The molecule has 3 rings (SSSR count). The summed E-state index contributed by atoms with van der Waals surface area (Å²) in [4.78, 5) is 12.2. The van der Waals surface area contributed by atoms with E-state index in [0.717, 1.165) is 43.7 Å². The summed E-state index contributed by atoms with van der Waals surface area (Å²) in [6, 6.07) is 7.65. The van der Waals surface area contributed by atoms with Crippen molar-refractivity contribution in [2.45, 2.75) is 38.2 Å². The van der Waals surface area contributed by atoms with Crippen molar-refractivity contribution >= 4 is 5.78 Å². The lowest BCUT2D eigenvalue weighted by molar-refractivity contribution is 0.0974. The first kappa shape index (κ1) is 12.7. The number of ether oxygens (including phenoxy) is 1. The molecule has 19 heavy (non-hydrogen) atoms. The van der Waals surface area contributed by atoms with Gasteiger partial charge in [-0.25, -0.2) is 0 Å². The van der Waals surface area contributed by atoms with Crippen LogP contribution in [0.4, 0.5) is 0 Å². The molecule has 0 amide bonds. The van der Waals surface area contributed by atoms with Gasteiger partial charge < -0.3 is 10.1 Å². The van der Waals surface area contributed by atoms with E-state index in [1.165, 1.54) is 6.42 Å². The molecular formula is C16H21NO2. The summed E-state index contributed by atoms with van der Waals surface area (Å²) in [5.74, 6) is 1.76. The van der Waals surface area contributed by atoms with Crippen molar-refractivity contribution in [2.24, 2.45) is 5.92 Å². The lowest BCUT2D eigenvalue weighted by atomic mass is 9.98. The molecule has 1 N–H and O–H groups in total. The van der Waals surface area contributed by atoms with E-state index in [0.29, 0.717) is 18.4 Å². The van der Waals surface area contributed by atoms with Gasteiger partial charge in [0, 0.05) is 12.0 Å². The van der Waals surface area contributed by atoms with E-state index in [4.69, 9.17) is 4.74 Å². The Bertz CT molecular complexity index is 448. The number of hydrogen-bond donors (Lipinski definition) is 1. The van der Waals surface area contributed by atoms with Crippen LogP contribution in [0.5, 0.6) is 5.75 Å². The van der Waals surface area contributed by atoms with Gasteiger partial charge >= 0.3 is 0 Å². The number of nitrogens with one attached hydrogen (secondary N) is 1. The van der Waals surface area contributed by atoms with Crippen molar-refractivity contribution in [1.29, 1.82) is 0 Å². The topological polar surface area (TPSA) is 38.3 Å². The third-order valence-electron chi connectivity index (χ3n) is 3.93. The fourth-order valence-corrected chi connectivity index (χ4v) is 2.56. The summed E-state index contributed by atoms with van der Waals surface area (Å²) < 4.78 is 5.73. The third-order valence-corrected chi connectivity index (χ3v) is 3.93. The van der Waals surface area contributed by atoms with E-state index in [9.17, 15) is 4.79 Å². The van der Waals surface area contributed by atoms with Gasteiger partial charge in [0.25, 0.3) is 0 Å². The van der Waals surface area contributed by atoms with Gasteiger partial charge in [-0.05, 0) is 56.8 Å². The van der Waals surface area contributed by atoms with Crippen molar-refractivity contribution in [3.8, 4) is 5.75 Å². The van der Waals surface area contributed by atoms with E-state index < -0.39 is 0 Å². The van der Waals surface area contributed by atoms with Crippen molar-refractivity contribution in [1.82, 2.24) is 5.32 Å². The fraction of sp³-hybridized carbons (Fsp3) is 0.562. The zero-order valence-electron chi connectivity index (χ0n) is 11.2. The molecule has 1 saturated carbocycles. The summed E-state index contributed by atoms with van der Waals surface area (Å²) in [5, 5.41) is 3.34. The Balaban J connectivity index is 1.55. The molecular weight excluding hydrogens is 238 g/mol. The predicted molar refractivity (Wildman–Crippen MR) is 74.6 cm³/mol. The van der Waals surface area contributed by atoms with Gasteiger partial charge in [-0.2, -0.15) is 0 Å². The smallest absolute Gasteiger partial charge is 0.163 e. The highest BCUT2D eigenvalue weighted by Gasteiger charge is 2.23. The van der Waals surface area contributed by atoms with Crippen LogP contribution >= 0.6 is 0 Å². The molecule has 1 heterocycles. The lowest BCUT2D eigenvalue weighted by Gasteiger charge is -2.08. The SMILES string of the molecule is O=C(CCC1CCNC1)c1cccc(OC2CC2)c1. The minimum atomic E-state index is 0.244. The molecule has 1 aliphatic carbocycles. The van der Waals surface area contributed by atoms with E-state index in [1.54, 1.807) is 0 Å². The van der Waals surface area contributed by atoms with Crippen molar-refractivity contribution < 1.29 is 9.53 Å². The number of carbonyl (C=O) groups excluding carboxylic acids is 1. The molecule has 2 fully saturated rings. The second kappa shape index (κ2) is 5.74. The van der Waals surface area contributed by atoms with Gasteiger partial charge in [0.15, 0.2) is 5.78 Å². The Morgan fingerprint density at radius 1 is 1.32 bits per heavy atom. The normalized spacial score (nSPS) is 22.4. The van der Waals surface area contributed by atoms with Crippen LogP contribution in [0.1, 0.15) is 42.5 Å². The van der Waals surface area contributed by atoms with E-state index in [-0.39, 0.29) is 5.78 Å². The monoisotopic (exact) mass is 259 g/mol. The Morgan fingerprint density at radius 3 is 2.95 bits per heavy atom. The van der Waals surface area contributed by atoms with Crippen molar-refractivity contribution in [2.75, 3.05) is 13.1 Å². The molecule has 1 unspecified atom stereocenters. The maximum atomic E-state index is 12.2. The summed E-state index contributed by atoms with van der Waals surface area (Å²) in [6.07, 6.45) is 5.53. The van der Waals surface area contributed by atoms with Gasteiger partial charge in [-0.15, -0.1) is 0 Å². The second-order valence-electron chi connectivity index (χ2n) is 5.67. The van der Waals surface area contributed by atoms with Crippen LogP contribution in [0.3, 0.4) is 0 Å². The van der Waals surface area contributed by atoms with Gasteiger partial charge in [0.05, 0.1) is 6.10 Å². The highest BCUT2D eigenvalue weighted by Crippen LogP contribution is 2.27. The first-order valence-corrected chi connectivity index (χ1v) is 7.32. The highest BCUT2D eigenvalue weighted by atomic mass is 16.5. The van der Waals surface area contributed by atoms with Crippen molar-refractivity contribution in [3.05, 3.63) is 29.8 Å². The maximum Gasteiger partial charge on any atom is 0.163 e. The standard InChI is InChI=1S/C16H21NO2/c18-16(7-4-12-8-9-17-11-12)13-2-1-3-15(10-13)19-14-5-6-14/h1-3,10,12,14,17H,4-9,11H2. The molecule has 1 aliphatic heterocycles. The number of Topliss-reactive ketones (excluding diaryl/α,β-unsaturated/α-hetero) is 1. The Morgan fingerprint density at radius 2 is 2.21 bits per heavy atom. The van der Waals surface area contributed by atoms with Crippen LogP contribution in [0.2, 0.25) is 0 Å². The Hall–Kier alpha value is -1.35. The largest absolute Gasteiger partial charge is 0.490 e. The molecule has 1 atom stereocenters. The van der Waals surface area contributed by atoms with E-state index in [1.807, 2.05) is 24.3 Å². The molecule has 102 valence electrons. The maximum absolute atomic E-state index is 12.2. The number of carbonyl (C=O) groups is 1. The van der Waals surface area contributed by atoms with Gasteiger partial charge in [-0.1, -0.05) is 12.1 Å². The van der Waals surface area contributed by atoms with Gasteiger partial charge in [0.2, 0.25) is 0 Å². The molecule has 1 aromatic rings. The quantitative estimate of drug-likeness (QED) is 0.798. The van der Waals surface area contributed by atoms with E-state index >= 15 is 0 Å². The minimum absolute atomic E-state index is 0.244.